The molecule has 4 nitrogen and oxygen atoms in total. The Balaban J connectivity index is 2.20. The molecule has 1 aliphatic rings. The van der Waals surface area contributed by atoms with Crippen LogP contribution in [-0.4, -0.2) is 35.0 Å². The van der Waals surface area contributed by atoms with Crippen LogP contribution in [0.4, 0.5) is 5.95 Å². The Labute approximate surface area is 101 Å². The van der Waals surface area contributed by atoms with E-state index < -0.39 is 0 Å². The summed E-state index contributed by atoms with van der Waals surface area (Å²) in [6.07, 6.45) is 0.989. The van der Waals surface area contributed by atoms with Crippen molar-refractivity contribution in [1.29, 1.82) is 0 Å². The molecule has 0 saturated carbocycles. The van der Waals surface area contributed by atoms with Gasteiger partial charge in [0.05, 0.1) is 12.0 Å². The van der Waals surface area contributed by atoms with Crippen molar-refractivity contribution >= 4 is 17.5 Å². The Bertz CT molecular complexity index is 372. The van der Waals surface area contributed by atoms with E-state index >= 15 is 0 Å². The lowest BCUT2D eigenvalue weighted by Crippen LogP contribution is -2.22. The fraction of sp³-hybridized carbons (Fsp3) is 0.636. The summed E-state index contributed by atoms with van der Waals surface area (Å²) in [4.78, 5) is 10.9. The molecule has 2 rings (SSSR count). The van der Waals surface area contributed by atoms with Gasteiger partial charge in [0, 0.05) is 24.8 Å². The van der Waals surface area contributed by atoms with Gasteiger partial charge in [-0.2, -0.15) is 4.98 Å². The van der Waals surface area contributed by atoms with Crippen LogP contribution in [0.5, 0.6) is 5.88 Å². The molecule has 1 saturated heterocycles. The molecule has 16 heavy (non-hydrogen) atoms. The number of aryl methyl sites for hydroxylation is 1. The smallest absolute Gasteiger partial charge is 0.228 e. The van der Waals surface area contributed by atoms with Crippen molar-refractivity contribution in [2.45, 2.75) is 25.6 Å². The van der Waals surface area contributed by atoms with Gasteiger partial charge in [0.2, 0.25) is 11.8 Å². The van der Waals surface area contributed by atoms with Crippen LogP contribution in [0.15, 0.2) is 6.07 Å². The maximum atomic E-state index is 6.07. The van der Waals surface area contributed by atoms with E-state index in [1.807, 2.05) is 19.9 Å². The van der Waals surface area contributed by atoms with Crippen LogP contribution in [0, 0.1) is 6.92 Å². The van der Waals surface area contributed by atoms with E-state index in [-0.39, 0.29) is 5.38 Å². The minimum atomic E-state index is 0.208. The second-order valence-corrected chi connectivity index (χ2v) is 4.53. The van der Waals surface area contributed by atoms with Crippen molar-refractivity contribution in [2.24, 2.45) is 0 Å². The largest absolute Gasteiger partial charge is 0.478 e. The third-order valence-electron chi connectivity index (χ3n) is 2.52. The molecule has 0 amide bonds. The summed E-state index contributed by atoms with van der Waals surface area (Å²) in [5.74, 6) is 1.37. The first-order valence-corrected chi connectivity index (χ1v) is 6.00. The van der Waals surface area contributed by atoms with E-state index in [1.165, 1.54) is 0 Å². The van der Waals surface area contributed by atoms with Crippen LogP contribution in [0.1, 0.15) is 19.0 Å². The molecule has 0 spiro atoms. The van der Waals surface area contributed by atoms with Gasteiger partial charge in [0.25, 0.3) is 0 Å². The minimum absolute atomic E-state index is 0.208. The van der Waals surface area contributed by atoms with Gasteiger partial charge in [0.1, 0.15) is 0 Å². The van der Waals surface area contributed by atoms with Crippen molar-refractivity contribution < 1.29 is 4.74 Å². The van der Waals surface area contributed by atoms with Gasteiger partial charge in [-0.05, 0) is 20.3 Å². The Hall–Kier alpha value is -1.03. The maximum Gasteiger partial charge on any atom is 0.228 e. The molecule has 1 aromatic rings. The molecule has 0 radical (unpaired) electrons. The Morgan fingerprint density at radius 3 is 3.00 bits per heavy atom. The van der Waals surface area contributed by atoms with E-state index in [0.29, 0.717) is 12.5 Å². The first-order chi connectivity index (χ1) is 7.69. The van der Waals surface area contributed by atoms with E-state index in [1.54, 1.807) is 0 Å². The van der Waals surface area contributed by atoms with Crippen LogP contribution < -0.4 is 9.64 Å². The van der Waals surface area contributed by atoms with Gasteiger partial charge in [0.15, 0.2) is 0 Å². The third-order valence-corrected chi connectivity index (χ3v) is 2.88. The van der Waals surface area contributed by atoms with Gasteiger partial charge in [-0.25, -0.2) is 4.98 Å². The van der Waals surface area contributed by atoms with E-state index in [9.17, 15) is 0 Å². The Morgan fingerprint density at radius 1 is 1.56 bits per heavy atom. The minimum Gasteiger partial charge on any atom is -0.478 e. The lowest BCUT2D eigenvalue weighted by molar-refractivity contribution is 0.326. The molecule has 1 atom stereocenters. The van der Waals surface area contributed by atoms with Crippen molar-refractivity contribution in [3.8, 4) is 5.88 Å². The van der Waals surface area contributed by atoms with Crippen molar-refractivity contribution in [3.05, 3.63) is 11.8 Å². The number of rotatable bonds is 3. The summed E-state index contributed by atoms with van der Waals surface area (Å²) in [7, 11) is 0. The molecule has 1 unspecified atom stereocenters. The Morgan fingerprint density at radius 2 is 2.38 bits per heavy atom. The van der Waals surface area contributed by atoms with E-state index in [4.69, 9.17) is 16.3 Å². The lowest BCUT2D eigenvalue weighted by atomic mass is 10.4. The average molecular weight is 242 g/mol. The first kappa shape index (κ1) is 11.5. The average Bonchev–Trinajstić information content (AvgIpc) is 2.64. The van der Waals surface area contributed by atoms with Crippen molar-refractivity contribution in [3.63, 3.8) is 0 Å². The molecule has 2 heterocycles. The zero-order valence-corrected chi connectivity index (χ0v) is 10.4. The van der Waals surface area contributed by atoms with Gasteiger partial charge in [-0.3, -0.25) is 0 Å². The molecule has 0 bridgehead atoms. The first-order valence-electron chi connectivity index (χ1n) is 5.56. The number of nitrogens with zero attached hydrogens (tertiary/aromatic N) is 3. The number of ether oxygens (including phenoxy) is 1. The summed E-state index contributed by atoms with van der Waals surface area (Å²) in [6, 6.07) is 1.85. The molecule has 88 valence electrons. The molecule has 1 aliphatic heterocycles. The predicted octanol–water partition coefficient (Wildman–Crippen LogP) is 2.00. The number of hydrogen-bond acceptors (Lipinski definition) is 4. The fourth-order valence-electron chi connectivity index (χ4n) is 1.79. The number of hydrogen-bond donors (Lipinski definition) is 0. The standard InChI is InChI=1S/C11H16ClN3O/c1-3-16-10-6-8(2)13-11(14-10)15-5-4-9(12)7-15/h6,9H,3-5,7H2,1-2H3. The molecular formula is C11H16ClN3O. The molecule has 0 aliphatic carbocycles. The molecular weight excluding hydrogens is 226 g/mol. The van der Waals surface area contributed by atoms with E-state index in [2.05, 4.69) is 14.9 Å². The topological polar surface area (TPSA) is 38.2 Å². The van der Waals surface area contributed by atoms with Crippen molar-refractivity contribution in [2.75, 3.05) is 24.6 Å². The van der Waals surface area contributed by atoms with Crippen LogP contribution in [0.25, 0.3) is 0 Å². The number of anilines is 1. The maximum absolute atomic E-state index is 6.07. The summed E-state index contributed by atoms with van der Waals surface area (Å²) < 4.78 is 5.40. The van der Waals surface area contributed by atoms with Gasteiger partial charge in [-0.1, -0.05) is 0 Å². The highest BCUT2D eigenvalue weighted by molar-refractivity contribution is 6.21. The third kappa shape index (κ3) is 2.55. The van der Waals surface area contributed by atoms with Gasteiger partial charge in [-0.15, -0.1) is 11.6 Å². The normalized spacial score (nSPS) is 20.2. The molecule has 1 fully saturated rings. The highest BCUT2D eigenvalue weighted by atomic mass is 35.5. The number of halogens is 1. The quantitative estimate of drug-likeness (QED) is 0.759. The van der Waals surface area contributed by atoms with Gasteiger partial charge >= 0.3 is 0 Å². The fourth-order valence-corrected chi connectivity index (χ4v) is 2.05. The number of alkyl halides is 1. The number of aromatic nitrogens is 2. The zero-order valence-electron chi connectivity index (χ0n) is 9.61. The second-order valence-electron chi connectivity index (χ2n) is 3.91. The van der Waals surface area contributed by atoms with Gasteiger partial charge < -0.3 is 9.64 Å². The van der Waals surface area contributed by atoms with E-state index in [0.717, 1.165) is 31.2 Å². The summed E-state index contributed by atoms with van der Waals surface area (Å²) >= 11 is 6.07. The highest BCUT2D eigenvalue weighted by Gasteiger charge is 2.23. The Kier molecular flexibility index (Phi) is 3.49. The van der Waals surface area contributed by atoms with Crippen LogP contribution in [0.2, 0.25) is 0 Å². The molecule has 0 N–H and O–H groups in total. The van der Waals surface area contributed by atoms with Crippen LogP contribution in [0.3, 0.4) is 0 Å². The SMILES string of the molecule is CCOc1cc(C)nc(N2CCC(Cl)C2)n1. The zero-order chi connectivity index (χ0) is 11.5. The summed E-state index contributed by atoms with van der Waals surface area (Å²) in [5, 5.41) is 0.208. The summed E-state index contributed by atoms with van der Waals surface area (Å²) in [5.41, 5.74) is 0.923. The van der Waals surface area contributed by atoms with Crippen molar-refractivity contribution in [1.82, 2.24) is 9.97 Å². The highest BCUT2D eigenvalue weighted by Crippen LogP contribution is 2.22. The monoisotopic (exact) mass is 241 g/mol. The molecule has 5 heteroatoms. The molecule has 1 aromatic heterocycles. The van der Waals surface area contributed by atoms with Crippen LogP contribution in [-0.2, 0) is 0 Å². The predicted molar refractivity (Wildman–Crippen MR) is 64.4 cm³/mol. The lowest BCUT2D eigenvalue weighted by Gasteiger charge is -2.16. The summed E-state index contributed by atoms with van der Waals surface area (Å²) in [6.45, 7) is 6.25. The van der Waals surface area contributed by atoms with Crippen LogP contribution >= 0.6 is 11.6 Å². The second kappa shape index (κ2) is 4.87. The molecule has 0 aromatic carbocycles.